The average Bonchev–Trinajstić information content (AvgIpc) is 2.43. The molecule has 2 N–H and O–H groups in total. The van der Waals surface area contributed by atoms with Crippen molar-refractivity contribution in [1.29, 1.82) is 5.26 Å². The van der Waals surface area contributed by atoms with Crippen molar-refractivity contribution in [1.82, 2.24) is 9.80 Å². The van der Waals surface area contributed by atoms with E-state index in [9.17, 15) is 4.39 Å². The minimum atomic E-state index is -0.411. The van der Waals surface area contributed by atoms with Crippen LogP contribution >= 0.6 is 0 Å². The van der Waals surface area contributed by atoms with Gasteiger partial charge in [-0.2, -0.15) is 5.26 Å². The van der Waals surface area contributed by atoms with Crippen molar-refractivity contribution in [2.75, 3.05) is 56.9 Å². The standard InChI is InChI=1S/C15H20FN5/c1-19-2-4-20(5-3-19)12-9-21(10-12)14-7-11(8-17)6-13(18)15(14)16/h6-7,12H,2-5,9-10,18H2,1H3. The second kappa shape index (κ2) is 5.51. The minimum absolute atomic E-state index is 0.0482. The number of piperazine rings is 1. The molecule has 2 saturated heterocycles. The van der Waals surface area contributed by atoms with Crippen LogP contribution in [0.4, 0.5) is 15.8 Å². The quantitative estimate of drug-likeness (QED) is 0.813. The van der Waals surface area contributed by atoms with E-state index in [2.05, 4.69) is 16.8 Å². The van der Waals surface area contributed by atoms with Gasteiger partial charge in [0, 0.05) is 45.3 Å². The van der Waals surface area contributed by atoms with E-state index in [1.165, 1.54) is 6.07 Å². The summed E-state index contributed by atoms with van der Waals surface area (Å²) in [6.07, 6.45) is 0. The van der Waals surface area contributed by atoms with Crippen molar-refractivity contribution in [2.45, 2.75) is 6.04 Å². The highest BCUT2D eigenvalue weighted by molar-refractivity contribution is 5.63. The van der Waals surface area contributed by atoms with Crippen molar-refractivity contribution < 1.29 is 4.39 Å². The first-order valence-electron chi connectivity index (χ1n) is 7.25. The zero-order valence-corrected chi connectivity index (χ0v) is 12.2. The molecule has 0 aromatic heterocycles. The Morgan fingerprint density at radius 3 is 2.52 bits per heavy atom. The Kier molecular flexibility index (Phi) is 3.70. The molecule has 2 aliphatic heterocycles. The van der Waals surface area contributed by atoms with Crippen LogP contribution in [0.1, 0.15) is 5.56 Å². The van der Waals surface area contributed by atoms with Gasteiger partial charge in [0.15, 0.2) is 5.82 Å². The summed E-state index contributed by atoms with van der Waals surface area (Å²) in [5.41, 5.74) is 6.55. The predicted octanol–water partition coefficient (Wildman–Crippen LogP) is 0.716. The lowest BCUT2D eigenvalue weighted by Gasteiger charge is -2.48. The molecule has 0 aliphatic carbocycles. The van der Waals surface area contributed by atoms with E-state index >= 15 is 0 Å². The molecule has 0 atom stereocenters. The summed E-state index contributed by atoms with van der Waals surface area (Å²) < 4.78 is 14.1. The zero-order chi connectivity index (χ0) is 15.0. The van der Waals surface area contributed by atoms with Gasteiger partial charge in [-0.15, -0.1) is 0 Å². The molecule has 0 unspecified atom stereocenters. The molecule has 3 rings (SSSR count). The number of hydrogen-bond donors (Lipinski definition) is 1. The van der Waals surface area contributed by atoms with Gasteiger partial charge in [0.2, 0.25) is 0 Å². The Labute approximate surface area is 124 Å². The van der Waals surface area contributed by atoms with Gasteiger partial charge in [0.25, 0.3) is 0 Å². The molecule has 2 aliphatic rings. The summed E-state index contributed by atoms with van der Waals surface area (Å²) >= 11 is 0. The number of anilines is 2. The highest BCUT2D eigenvalue weighted by atomic mass is 19.1. The SMILES string of the molecule is CN1CCN(C2CN(c3cc(C#N)cc(N)c3F)C2)CC1. The highest BCUT2D eigenvalue weighted by Gasteiger charge is 2.34. The Balaban J connectivity index is 1.66. The summed E-state index contributed by atoms with van der Waals surface area (Å²) in [7, 11) is 2.13. The Morgan fingerprint density at radius 2 is 1.90 bits per heavy atom. The third kappa shape index (κ3) is 2.67. The van der Waals surface area contributed by atoms with Crippen LogP contribution < -0.4 is 10.6 Å². The van der Waals surface area contributed by atoms with Crippen LogP contribution in [0, 0.1) is 17.1 Å². The lowest BCUT2D eigenvalue weighted by molar-refractivity contribution is 0.0961. The topological polar surface area (TPSA) is 59.5 Å². The Bertz CT molecular complexity index is 568. The minimum Gasteiger partial charge on any atom is -0.396 e. The summed E-state index contributed by atoms with van der Waals surface area (Å²) in [6, 6.07) is 5.48. The average molecular weight is 289 g/mol. The summed E-state index contributed by atoms with van der Waals surface area (Å²) in [5, 5.41) is 8.97. The molecule has 5 nitrogen and oxygen atoms in total. The normalized spacial score (nSPS) is 21.1. The van der Waals surface area contributed by atoms with Gasteiger partial charge in [-0.25, -0.2) is 4.39 Å². The lowest BCUT2D eigenvalue weighted by atomic mass is 10.0. The molecule has 1 aromatic carbocycles. The van der Waals surface area contributed by atoms with Crippen LogP contribution in [0.2, 0.25) is 0 Å². The number of nitrogens with zero attached hydrogens (tertiary/aromatic N) is 4. The third-order valence-corrected chi connectivity index (χ3v) is 4.47. The van der Waals surface area contributed by atoms with Crippen molar-refractivity contribution in [3.05, 3.63) is 23.5 Å². The molecule has 0 amide bonds. The molecule has 0 radical (unpaired) electrons. The number of hydrogen-bond acceptors (Lipinski definition) is 5. The van der Waals surface area contributed by atoms with E-state index < -0.39 is 5.82 Å². The van der Waals surface area contributed by atoms with Crippen molar-refractivity contribution >= 4 is 11.4 Å². The van der Waals surface area contributed by atoms with E-state index in [4.69, 9.17) is 11.0 Å². The van der Waals surface area contributed by atoms with Gasteiger partial charge >= 0.3 is 0 Å². The van der Waals surface area contributed by atoms with Crippen molar-refractivity contribution in [3.63, 3.8) is 0 Å². The Morgan fingerprint density at radius 1 is 1.24 bits per heavy atom. The zero-order valence-electron chi connectivity index (χ0n) is 12.2. The maximum Gasteiger partial charge on any atom is 0.169 e. The van der Waals surface area contributed by atoms with Gasteiger partial charge < -0.3 is 15.5 Å². The van der Waals surface area contributed by atoms with Crippen LogP contribution in [0.3, 0.4) is 0 Å². The molecule has 6 heteroatoms. The molecule has 21 heavy (non-hydrogen) atoms. The Hall–Kier alpha value is -1.84. The molecule has 0 bridgehead atoms. The second-order valence-corrected chi connectivity index (χ2v) is 5.91. The summed E-state index contributed by atoms with van der Waals surface area (Å²) in [5.74, 6) is -0.411. The smallest absolute Gasteiger partial charge is 0.169 e. The molecular formula is C15H20FN5. The molecular weight excluding hydrogens is 269 g/mol. The highest BCUT2D eigenvalue weighted by Crippen LogP contribution is 2.30. The molecule has 112 valence electrons. The van der Waals surface area contributed by atoms with Gasteiger partial charge in [0.1, 0.15) is 0 Å². The predicted molar refractivity (Wildman–Crippen MR) is 80.6 cm³/mol. The largest absolute Gasteiger partial charge is 0.396 e. The van der Waals surface area contributed by atoms with Crippen LogP contribution in [-0.2, 0) is 0 Å². The van der Waals surface area contributed by atoms with Crippen LogP contribution in [0.5, 0.6) is 0 Å². The molecule has 2 heterocycles. The number of benzene rings is 1. The van der Waals surface area contributed by atoms with Crippen LogP contribution in [-0.4, -0.2) is 62.2 Å². The molecule has 2 fully saturated rings. The van der Waals surface area contributed by atoms with Gasteiger partial charge in [-0.3, -0.25) is 4.90 Å². The number of nitrogens with two attached hydrogens (primary N) is 1. The monoisotopic (exact) mass is 289 g/mol. The molecule has 0 spiro atoms. The maximum absolute atomic E-state index is 14.1. The fourth-order valence-corrected chi connectivity index (χ4v) is 3.00. The van der Waals surface area contributed by atoms with Crippen molar-refractivity contribution in [3.8, 4) is 6.07 Å². The van der Waals surface area contributed by atoms with E-state index in [1.54, 1.807) is 6.07 Å². The molecule has 1 aromatic rings. The first-order chi connectivity index (χ1) is 10.1. The number of rotatable bonds is 2. The maximum atomic E-state index is 14.1. The van der Waals surface area contributed by atoms with E-state index in [0.29, 0.717) is 17.3 Å². The third-order valence-electron chi connectivity index (χ3n) is 4.47. The lowest BCUT2D eigenvalue weighted by Crippen LogP contribution is -2.63. The van der Waals surface area contributed by atoms with Crippen LogP contribution in [0.25, 0.3) is 0 Å². The number of halogens is 1. The van der Waals surface area contributed by atoms with Crippen LogP contribution in [0.15, 0.2) is 12.1 Å². The van der Waals surface area contributed by atoms with E-state index in [0.717, 1.165) is 39.3 Å². The second-order valence-electron chi connectivity index (χ2n) is 5.91. The molecule has 0 saturated carbocycles. The van der Waals surface area contributed by atoms with Gasteiger partial charge in [-0.1, -0.05) is 0 Å². The van der Waals surface area contributed by atoms with Gasteiger partial charge in [0.05, 0.1) is 23.0 Å². The first kappa shape index (κ1) is 14.1. The number of nitrogen functional groups attached to an aromatic ring is 1. The van der Waals surface area contributed by atoms with E-state index in [-0.39, 0.29) is 5.69 Å². The number of likely N-dealkylation sites (N-methyl/N-ethyl adjacent to an activating group) is 1. The fourth-order valence-electron chi connectivity index (χ4n) is 3.00. The fraction of sp³-hybridized carbons (Fsp3) is 0.533. The first-order valence-corrected chi connectivity index (χ1v) is 7.25. The summed E-state index contributed by atoms with van der Waals surface area (Å²) in [4.78, 5) is 6.76. The van der Waals surface area contributed by atoms with E-state index in [1.807, 2.05) is 11.0 Å². The van der Waals surface area contributed by atoms with Gasteiger partial charge in [-0.05, 0) is 19.2 Å². The number of nitriles is 1. The summed E-state index contributed by atoms with van der Waals surface area (Å²) in [6.45, 7) is 5.91. The van der Waals surface area contributed by atoms with Crippen molar-refractivity contribution in [2.24, 2.45) is 0 Å².